The minimum Gasteiger partial charge on any atom is -0.372 e. The van der Waals surface area contributed by atoms with Crippen molar-refractivity contribution >= 4 is 17.0 Å². The van der Waals surface area contributed by atoms with Crippen LogP contribution in [0, 0.1) is 0 Å². The molecule has 1 fully saturated rings. The highest BCUT2D eigenvalue weighted by atomic mass is 32.1. The Morgan fingerprint density at radius 3 is 2.55 bits per heavy atom. The average Bonchev–Trinajstić information content (AvgIpc) is 3.18. The maximum Gasteiger partial charge on any atom is 0.0388 e. The molecule has 3 heteroatoms. The molecule has 1 atom stereocenters. The molecule has 0 bridgehead atoms. The van der Waals surface area contributed by atoms with Gasteiger partial charge in [-0.05, 0) is 48.9 Å². The molecule has 1 unspecified atom stereocenters. The Morgan fingerprint density at radius 1 is 1.15 bits per heavy atom. The number of rotatable bonds is 5. The molecule has 1 aromatic carbocycles. The smallest absolute Gasteiger partial charge is 0.0388 e. The molecule has 2 heterocycles. The number of nitrogens with one attached hydrogen (secondary N) is 1. The molecule has 2 aromatic rings. The van der Waals surface area contributed by atoms with Gasteiger partial charge in [-0.3, -0.25) is 0 Å². The van der Waals surface area contributed by atoms with Gasteiger partial charge in [0.25, 0.3) is 0 Å². The summed E-state index contributed by atoms with van der Waals surface area (Å²) >= 11 is 1.82. The second-order valence-electron chi connectivity index (χ2n) is 5.48. The Kier molecular flexibility index (Phi) is 4.38. The monoisotopic (exact) mass is 286 g/mol. The van der Waals surface area contributed by atoms with E-state index in [2.05, 4.69) is 58.9 Å². The molecular weight excluding hydrogens is 264 g/mol. The normalized spacial score (nSPS) is 16.6. The highest BCUT2D eigenvalue weighted by molar-refractivity contribution is 7.10. The molecule has 0 saturated carbocycles. The molecule has 1 N–H and O–H groups in total. The summed E-state index contributed by atoms with van der Waals surface area (Å²) in [6, 6.07) is 13.8. The van der Waals surface area contributed by atoms with E-state index in [9.17, 15) is 0 Å². The van der Waals surface area contributed by atoms with Crippen LogP contribution < -0.4 is 10.2 Å². The van der Waals surface area contributed by atoms with Crippen LogP contribution in [0.3, 0.4) is 0 Å². The van der Waals surface area contributed by atoms with Crippen LogP contribution in [-0.4, -0.2) is 13.1 Å². The maximum atomic E-state index is 3.59. The highest BCUT2D eigenvalue weighted by Crippen LogP contribution is 2.21. The third kappa shape index (κ3) is 3.22. The summed E-state index contributed by atoms with van der Waals surface area (Å²) < 4.78 is 0. The first-order valence-electron chi connectivity index (χ1n) is 7.43. The zero-order valence-electron chi connectivity index (χ0n) is 12.0. The average molecular weight is 286 g/mol. The minimum atomic E-state index is 0.424. The number of anilines is 1. The predicted octanol–water partition coefficient (Wildman–Crippen LogP) is 4.20. The lowest BCUT2D eigenvalue weighted by molar-refractivity contribution is 0.583. The molecule has 0 amide bonds. The van der Waals surface area contributed by atoms with Gasteiger partial charge in [-0.15, -0.1) is 11.3 Å². The Morgan fingerprint density at radius 2 is 1.90 bits per heavy atom. The van der Waals surface area contributed by atoms with Gasteiger partial charge < -0.3 is 10.2 Å². The van der Waals surface area contributed by atoms with E-state index in [0.29, 0.717) is 6.04 Å². The topological polar surface area (TPSA) is 15.3 Å². The van der Waals surface area contributed by atoms with E-state index in [1.807, 2.05) is 11.3 Å². The van der Waals surface area contributed by atoms with Crippen molar-refractivity contribution in [1.29, 1.82) is 0 Å². The van der Waals surface area contributed by atoms with Gasteiger partial charge in [0.2, 0.25) is 0 Å². The first-order chi connectivity index (χ1) is 9.83. The van der Waals surface area contributed by atoms with Crippen molar-refractivity contribution in [2.24, 2.45) is 0 Å². The van der Waals surface area contributed by atoms with Gasteiger partial charge in [-0.2, -0.15) is 0 Å². The molecule has 20 heavy (non-hydrogen) atoms. The van der Waals surface area contributed by atoms with Crippen LogP contribution in [0.5, 0.6) is 0 Å². The Balaban J connectivity index is 1.55. The quantitative estimate of drug-likeness (QED) is 0.886. The number of thiophene rings is 1. The van der Waals surface area contributed by atoms with Crippen LogP contribution >= 0.6 is 11.3 Å². The predicted molar refractivity (Wildman–Crippen MR) is 87.5 cm³/mol. The third-order valence-corrected chi connectivity index (χ3v) is 5.04. The van der Waals surface area contributed by atoms with E-state index in [1.54, 1.807) is 0 Å². The van der Waals surface area contributed by atoms with E-state index in [4.69, 9.17) is 0 Å². The standard InChI is InChI=1S/C17H22N2S/c1-14(17-5-4-12-20-17)18-13-15-6-8-16(9-7-15)19-10-2-3-11-19/h4-9,12,14,18H,2-3,10-11,13H2,1H3. The molecule has 1 aromatic heterocycles. The van der Waals surface area contributed by atoms with Gasteiger partial charge in [-0.25, -0.2) is 0 Å². The molecule has 1 aliphatic heterocycles. The molecular formula is C17H22N2S. The largest absolute Gasteiger partial charge is 0.372 e. The van der Waals surface area contributed by atoms with Crippen molar-refractivity contribution in [1.82, 2.24) is 5.32 Å². The molecule has 0 aliphatic carbocycles. The summed E-state index contributed by atoms with van der Waals surface area (Å²) in [5, 5.41) is 5.72. The van der Waals surface area contributed by atoms with Gasteiger partial charge in [-0.1, -0.05) is 18.2 Å². The van der Waals surface area contributed by atoms with E-state index in [0.717, 1.165) is 6.54 Å². The van der Waals surface area contributed by atoms with Crippen LogP contribution in [0.25, 0.3) is 0 Å². The fraction of sp³-hybridized carbons (Fsp3) is 0.412. The molecule has 1 aliphatic rings. The lowest BCUT2D eigenvalue weighted by Gasteiger charge is -2.18. The molecule has 0 spiro atoms. The van der Waals surface area contributed by atoms with E-state index >= 15 is 0 Å². The lowest BCUT2D eigenvalue weighted by atomic mass is 10.2. The van der Waals surface area contributed by atoms with Gasteiger partial charge >= 0.3 is 0 Å². The van der Waals surface area contributed by atoms with Crippen molar-refractivity contribution in [2.45, 2.75) is 32.4 Å². The lowest BCUT2D eigenvalue weighted by Crippen LogP contribution is -2.18. The van der Waals surface area contributed by atoms with Gasteiger partial charge in [0.15, 0.2) is 0 Å². The Bertz CT molecular complexity index is 512. The summed E-state index contributed by atoms with van der Waals surface area (Å²) in [5.74, 6) is 0. The third-order valence-electron chi connectivity index (χ3n) is 3.99. The number of nitrogens with zero attached hydrogens (tertiary/aromatic N) is 1. The number of benzene rings is 1. The van der Waals surface area contributed by atoms with Gasteiger partial charge in [0, 0.05) is 36.2 Å². The van der Waals surface area contributed by atoms with Crippen molar-refractivity contribution < 1.29 is 0 Å². The fourth-order valence-electron chi connectivity index (χ4n) is 2.71. The molecule has 2 nitrogen and oxygen atoms in total. The molecule has 0 radical (unpaired) electrons. The van der Waals surface area contributed by atoms with Crippen LogP contribution in [0.1, 0.15) is 36.2 Å². The molecule has 3 rings (SSSR count). The van der Waals surface area contributed by atoms with Crippen LogP contribution in [-0.2, 0) is 6.54 Å². The highest BCUT2D eigenvalue weighted by Gasteiger charge is 2.12. The van der Waals surface area contributed by atoms with Crippen molar-refractivity contribution in [3.05, 3.63) is 52.2 Å². The minimum absolute atomic E-state index is 0.424. The van der Waals surface area contributed by atoms with Crippen molar-refractivity contribution in [2.75, 3.05) is 18.0 Å². The van der Waals surface area contributed by atoms with Crippen molar-refractivity contribution in [3.8, 4) is 0 Å². The van der Waals surface area contributed by atoms with E-state index < -0.39 is 0 Å². The number of hydrogen-bond donors (Lipinski definition) is 1. The second kappa shape index (κ2) is 6.42. The van der Waals surface area contributed by atoms with E-state index in [-0.39, 0.29) is 0 Å². The SMILES string of the molecule is CC(NCc1ccc(N2CCCC2)cc1)c1cccs1. The van der Waals surface area contributed by atoms with Crippen LogP contribution in [0.2, 0.25) is 0 Å². The van der Waals surface area contributed by atoms with Crippen LogP contribution in [0.15, 0.2) is 41.8 Å². The number of hydrogen-bond acceptors (Lipinski definition) is 3. The first kappa shape index (κ1) is 13.7. The maximum absolute atomic E-state index is 3.59. The zero-order valence-corrected chi connectivity index (χ0v) is 12.8. The van der Waals surface area contributed by atoms with Gasteiger partial charge in [0.1, 0.15) is 0 Å². The Hall–Kier alpha value is -1.32. The van der Waals surface area contributed by atoms with E-state index in [1.165, 1.54) is 42.1 Å². The summed E-state index contributed by atoms with van der Waals surface area (Å²) in [5.41, 5.74) is 2.73. The summed E-state index contributed by atoms with van der Waals surface area (Å²) in [7, 11) is 0. The fourth-order valence-corrected chi connectivity index (χ4v) is 3.47. The van der Waals surface area contributed by atoms with Crippen LogP contribution in [0.4, 0.5) is 5.69 Å². The van der Waals surface area contributed by atoms with Crippen molar-refractivity contribution in [3.63, 3.8) is 0 Å². The molecule has 106 valence electrons. The first-order valence-corrected chi connectivity index (χ1v) is 8.31. The second-order valence-corrected chi connectivity index (χ2v) is 6.46. The Labute approximate surface area is 125 Å². The summed E-state index contributed by atoms with van der Waals surface area (Å²) in [6.07, 6.45) is 2.67. The summed E-state index contributed by atoms with van der Waals surface area (Å²) in [6.45, 7) is 5.59. The summed E-state index contributed by atoms with van der Waals surface area (Å²) in [4.78, 5) is 3.88. The van der Waals surface area contributed by atoms with Gasteiger partial charge in [0.05, 0.1) is 0 Å². The molecule has 1 saturated heterocycles. The zero-order chi connectivity index (χ0) is 13.8.